The summed E-state index contributed by atoms with van der Waals surface area (Å²) in [5.41, 5.74) is 8.61. The summed E-state index contributed by atoms with van der Waals surface area (Å²) in [4.78, 5) is 2.22. The monoisotopic (exact) mass is 219 g/mol. The molecule has 4 nitrogen and oxygen atoms in total. The molecule has 1 heterocycles. The Morgan fingerprint density at radius 1 is 1.38 bits per heavy atom. The lowest BCUT2D eigenvalue weighted by Crippen LogP contribution is -2.37. The maximum absolute atomic E-state index is 7.61. The van der Waals surface area contributed by atoms with Crippen LogP contribution in [0.3, 0.4) is 0 Å². The molecule has 1 saturated heterocycles. The van der Waals surface area contributed by atoms with Gasteiger partial charge >= 0.3 is 0 Å². The molecule has 86 valence electrons. The van der Waals surface area contributed by atoms with Crippen molar-refractivity contribution in [3.8, 4) is 0 Å². The van der Waals surface area contributed by atoms with E-state index in [0.29, 0.717) is 0 Å². The maximum atomic E-state index is 7.61. The van der Waals surface area contributed by atoms with Crippen LogP contribution in [-0.4, -0.2) is 32.1 Å². The van der Waals surface area contributed by atoms with E-state index < -0.39 is 0 Å². The lowest BCUT2D eigenvalue weighted by atomic mass is 10.1. The van der Waals surface area contributed by atoms with Crippen LogP contribution in [0.5, 0.6) is 0 Å². The highest BCUT2D eigenvalue weighted by Gasteiger charge is 2.15. The minimum Gasteiger partial charge on any atom is -0.384 e. The summed E-state index contributed by atoms with van der Waals surface area (Å²) in [6.45, 7) is 5.22. The van der Waals surface area contributed by atoms with E-state index in [0.717, 1.165) is 43.1 Å². The van der Waals surface area contributed by atoms with Gasteiger partial charge < -0.3 is 15.4 Å². The van der Waals surface area contributed by atoms with Crippen molar-refractivity contribution < 1.29 is 4.74 Å². The van der Waals surface area contributed by atoms with Crippen LogP contribution in [0.2, 0.25) is 0 Å². The quantitative estimate of drug-likeness (QED) is 0.578. The predicted molar refractivity (Wildman–Crippen MR) is 65.2 cm³/mol. The SMILES string of the molecule is Cc1ccc(N2CCOCC2)c(C(=N)N)c1. The molecule has 3 N–H and O–H groups in total. The number of anilines is 1. The first-order valence-corrected chi connectivity index (χ1v) is 5.46. The van der Waals surface area contributed by atoms with Crippen LogP contribution in [-0.2, 0) is 4.74 Å². The van der Waals surface area contributed by atoms with E-state index in [9.17, 15) is 0 Å². The number of hydrogen-bond acceptors (Lipinski definition) is 3. The molecule has 1 aliphatic rings. The van der Waals surface area contributed by atoms with Gasteiger partial charge in [0.2, 0.25) is 0 Å². The number of benzene rings is 1. The van der Waals surface area contributed by atoms with Crippen molar-refractivity contribution >= 4 is 11.5 Å². The minimum absolute atomic E-state index is 0.130. The molecule has 0 spiro atoms. The zero-order valence-corrected chi connectivity index (χ0v) is 9.49. The molecule has 0 aliphatic carbocycles. The maximum Gasteiger partial charge on any atom is 0.124 e. The van der Waals surface area contributed by atoms with Gasteiger partial charge in [-0.05, 0) is 19.1 Å². The number of aryl methyl sites for hydroxylation is 1. The molecule has 1 aromatic rings. The number of amidine groups is 1. The molecule has 1 aliphatic heterocycles. The van der Waals surface area contributed by atoms with Crippen LogP contribution >= 0.6 is 0 Å². The summed E-state index contributed by atoms with van der Waals surface area (Å²) in [5, 5.41) is 7.61. The Labute approximate surface area is 95.5 Å². The van der Waals surface area contributed by atoms with Crippen LogP contribution in [0.1, 0.15) is 11.1 Å². The van der Waals surface area contributed by atoms with Crippen molar-refractivity contribution in [2.45, 2.75) is 6.92 Å². The Morgan fingerprint density at radius 3 is 2.69 bits per heavy atom. The second-order valence-electron chi connectivity index (χ2n) is 4.03. The predicted octanol–water partition coefficient (Wildman–Crippen LogP) is 1.12. The molecule has 4 heteroatoms. The smallest absolute Gasteiger partial charge is 0.124 e. The van der Waals surface area contributed by atoms with Crippen molar-refractivity contribution in [1.29, 1.82) is 5.41 Å². The first-order chi connectivity index (χ1) is 7.68. The molecule has 2 rings (SSSR count). The molecule has 0 radical (unpaired) electrons. The molecule has 16 heavy (non-hydrogen) atoms. The molecule has 0 amide bonds. The molecule has 0 unspecified atom stereocenters. The lowest BCUT2D eigenvalue weighted by molar-refractivity contribution is 0.122. The van der Waals surface area contributed by atoms with Crippen LogP contribution in [0.25, 0.3) is 0 Å². The highest BCUT2D eigenvalue weighted by atomic mass is 16.5. The van der Waals surface area contributed by atoms with Crippen LogP contribution in [0, 0.1) is 12.3 Å². The van der Waals surface area contributed by atoms with E-state index in [2.05, 4.69) is 11.0 Å². The van der Waals surface area contributed by atoms with E-state index in [1.807, 2.05) is 19.1 Å². The average Bonchev–Trinajstić information content (AvgIpc) is 2.30. The summed E-state index contributed by atoms with van der Waals surface area (Å²) in [5.74, 6) is 0.130. The fourth-order valence-corrected chi connectivity index (χ4v) is 1.95. The zero-order valence-electron chi connectivity index (χ0n) is 9.49. The van der Waals surface area contributed by atoms with Crippen molar-refractivity contribution in [3.63, 3.8) is 0 Å². The average molecular weight is 219 g/mol. The number of hydrogen-bond donors (Lipinski definition) is 2. The molecule has 0 saturated carbocycles. The van der Waals surface area contributed by atoms with Gasteiger partial charge in [0.05, 0.1) is 13.2 Å². The molecule has 0 atom stereocenters. The normalized spacial score (nSPS) is 16.2. The zero-order chi connectivity index (χ0) is 11.5. The van der Waals surface area contributed by atoms with Crippen LogP contribution in [0.4, 0.5) is 5.69 Å². The van der Waals surface area contributed by atoms with Gasteiger partial charge in [-0.15, -0.1) is 0 Å². The number of morpholine rings is 1. The second kappa shape index (κ2) is 4.53. The Hall–Kier alpha value is -1.55. The van der Waals surface area contributed by atoms with Crippen LogP contribution in [0.15, 0.2) is 18.2 Å². The number of ether oxygens (including phenoxy) is 1. The highest BCUT2D eigenvalue weighted by Crippen LogP contribution is 2.22. The number of nitrogens with one attached hydrogen (secondary N) is 1. The number of nitrogens with two attached hydrogens (primary N) is 1. The first-order valence-electron chi connectivity index (χ1n) is 5.46. The van der Waals surface area contributed by atoms with Crippen molar-refractivity contribution in [1.82, 2.24) is 0 Å². The largest absolute Gasteiger partial charge is 0.384 e. The van der Waals surface area contributed by atoms with E-state index in [1.54, 1.807) is 0 Å². The van der Waals surface area contributed by atoms with Crippen molar-refractivity contribution in [2.75, 3.05) is 31.2 Å². The number of rotatable bonds is 2. The molecular formula is C12H17N3O. The fourth-order valence-electron chi connectivity index (χ4n) is 1.95. The second-order valence-corrected chi connectivity index (χ2v) is 4.03. The Bertz CT molecular complexity index is 397. The number of nitrogens with zero attached hydrogens (tertiary/aromatic N) is 1. The van der Waals surface area contributed by atoms with Crippen molar-refractivity contribution in [3.05, 3.63) is 29.3 Å². The highest BCUT2D eigenvalue weighted by molar-refractivity contribution is 6.00. The minimum atomic E-state index is 0.130. The van der Waals surface area contributed by atoms with Gasteiger partial charge in [0.25, 0.3) is 0 Å². The summed E-state index contributed by atoms with van der Waals surface area (Å²) < 4.78 is 5.32. The summed E-state index contributed by atoms with van der Waals surface area (Å²) in [7, 11) is 0. The van der Waals surface area contributed by atoms with Gasteiger partial charge in [0, 0.05) is 24.3 Å². The third kappa shape index (κ3) is 2.17. The Balaban J connectivity index is 2.34. The summed E-state index contributed by atoms with van der Waals surface area (Å²) >= 11 is 0. The fraction of sp³-hybridized carbons (Fsp3) is 0.417. The van der Waals surface area contributed by atoms with Gasteiger partial charge in [0.1, 0.15) is 5.84 Å². The van der Waals surface area contributed by atoms with E-state index in [4.69, 9.17) is 15.9 Å². The third-order valence-corrected chi connectivity index (χ3v) is 2.79. The van der Waals surface area contributed by atoms with Gasteiger partial charge in [0.15, 0.2) is 0 Å². The standard InChI is InChI=1S/C12H17N3O/c1-9-2-3-11(10(8-9)12(13)14)15-4-6-16-7-5-15/h2-3,8H,4-7H2,1H3,(H3,13,14). The molecule has 0 aromatic heterocycles. The molecule has 0 bridgehead atoms. The topological polar surface area (TPSA) is 62.3 Å². The number of nitrogen functional groups attached to an aromatic ring is 1. The van der Waals surface area contributed by atoms with Gasteiger partial charge in [-0.1, -0.05) is 11.6 Å². The summed E-state index contributed by atoms with van der Waals surface area (Å²) in [6.07, 6.45) is 0. The van der Waals surface area contributed by atoms with E-state index in [1.165, 1.54) is 0 Å². The van der Waals surface area contributed by atoms with Crippen LogP contribution < -0.4 is 10.6 Å². The van der Waals surface area contributed by atoms with E-state index in [-0.39, 0.29) is 5.84 Å². The van der Waals surface area contributed by atoms with E-state index >= 15 is 0 Å². The van der Waals surface area contributed by atoms with Gasteiger partial charge in [-0.25, -0.2) is 0 Å². The van der Waals surface area contributed by atoms with Gasteiger partial charge in [-0.3, -0.25) is 5.41 Å². The molecule has 1 fully saturated rings. The lowest BCUT2D eigenvalue weighted by Gasteiger charge is -2.30. The third-order valence-electron chi connectivity index (χ3n) is 2.79. The van der Waals surface area contributed by atoms with Crippen molar-refractivity contribution in [2.24, 2.45) is 5.73 Å². The van der Waals surface area contributed by atoms with Gasteiger partial charge in [-0.2, -0.15) is 0 Å². The Morgan fingerprint density at radius 2 is 2.06 bits per heavy atom. The Kier molecular flexibility index (Phi) is 3.10. The summed E-state index contributed by atoms with van der Waals surface area (Å²) in [6, 6.07) is 6.06. The molecular weight excluding hydrogens is 202 g/mol. The molecule has 1 aromatic carbocycles. The first kappa shape index (κ1) is 11.0.